The minimum Gasteiger partial charge on any atom is -0.492 e. The van der Waals surface area contributed by atoms with Crippen LogP contribution in [0.5, 0.6) is 5.75 Å². The topological polar surface area (TPSA) is 64.3 Å². The molecule has 1 aromatic carbocycles. The Labute approximate surface area is 130 Å². The molecule has 0 saturated carbocycles. The third-order valence-electron chi connectivity index (χ3n) is 2.85. The van der Waals surface area contributed by atoms with Crippen LogP contribution in [0.15, 0.2) is 41.1 Å². The third-order valence-corrected chi connectivity index (χ3v) is 3.35. The molecule has 0 aliphatic rings. The highest BCUT2D eigenvalue weighted by Gasteiger charge is 2.04. The summed E-state index contributed by atoms with van der Waals surface area (Å²) in [4.78, 5) is 8.38. The first-order valence-corrected chi connectivity index (χ1v) is 7.31. The number of ether oxygens (including phenoxy) is 1. The maximum Gasteiger partial charge on any atom is 0.254 e. The summed E-state index contributed by atoms with van der Waals surface area (Å²) >= 11 is 3.42. The molecule has 2 aromatic heterocycles. The van der Waals surface area contributed by atoms with Gasteiger partial charge in [-0.1, -0.05) is 22.0 Å². The van der Waals surface area contributed by atoms with E-state index in [1.807, 2.05) is 37.3 Å². The van der Waals surface area contributed by atoms with Crippen LogP contribution in [-0.2, 0) is 0 Å². The predicted molar refractivity (Wildman–Crippen MR) is 83.6 cm³/mol. The predicted octanol–water partition coefficient (Wildman–Crippen LogP) is 2.69. The van der Waals surface area contributed by atoms with Gasteiger partial charge in [-0.2, -0.15) is 14.6 Å². The molecule has 0 unspecified atom stereocenters. The van der Waals surface area contributed by atoms with E-state index in [1.54, 1.807) is 4.52 Å². The van der Waals surface area contributed by atoms with Gasteiger partial charge in [-0.25, -0.2) is 4.98 Å². The van der Waals surface area contributed by atoms with Gasteiger partial charge in [0.15, 0.2) is 0 Å². The molecule has 0 amide bonds. The average molecular weight is 348 g/mol. The van der Waals surface area contributed by atoms with Crippen molar-refractivity contribution in [3.05, 3.63) is 46.8 Å². The average Bonchev–Trinajstić information content (AvgIpc) is 2.91. The smallest absolute Gasteiger partial charge is 0.254 e. The minimum absolute atomic E-state index is 0.550. The molecule has 108 valence electrons. The number of halogens is 1. The number of rotatable bonds is 5. The third kappa shape index (κ3) is 3.30. The Kier molecular flexibility index (Phi) is 4.01. The van der Waals surface area contributed by atoms with Crippen LogP contribution >= 0.6 is 15.9 Å². The van der Waals surface area contributed by atoms with Gasteiger partial charge in [0.05, 0.1) is 6.54 Å². The largest absolute Gasteiger partial charge is 0.492 e. The van der Waals surface area contributed by atoms with Crippen LogP contribution < -0.4 is 10.1 Å². The normalized spacial score (nSPS) is 10.8. The molecule has 0 spiro atoms. The minimum atomic E-state index is 0.550. The van der Waals surface area contributed by atoms with Gasteiger partial charge in [-0.15, -0.1) is 0 Å². The molecule has 0 atom stereocenters. The van der Waals surface area contributed by atoms with Gasteiger partial charge in [-0.3, -0.25) is 0 Å². The number of fused-ring (bicyclic) bond motifs is 1. The van der Waals surface area contributed by atoms with Crippen LogP contribution in [-0.4, -0.2) is 32.7 Å². The highest BCUT2D eigenvalue weighted by atomic mass is 79.9. The van der Waals surface area contributed by atoms with E-state index < -0.39 is 0 Å². The number of benzene rings is 1. The zero-order chi connectivity index (χ0) is 14.7. The molecule has 3 aromatic rings. The lowest BCUT2D eigenvalue weighted by Crippen LogP contribution is -2.14. The van der Waals surface area contributed by atoms with Crippen LogP contribution in [0.3, 0.4) is 0 Å². The van der Waals surface area contributed by atoms with Gasteiger partial charge in [0.1, 0.15) is 24.5 Å². The second-order valence-electron chi connectivity index (χ2n) is 4.49. The molecule has 0 fully saturated rings. The van der Waals surface area contributed by atoms with E-state index in [-0.39, 0.29) is 0 Å². The van der Waals surface area contributed by atoms with Gasteiger partial charge < -0.3 is 10.1 Å². The summed E-state index contributed by atoms with van der Waals surface area (Å²) in [6, 6.07) is 9.70. The van der Waals surface area contributed by atoms with Crippen molar-refractivity contribution < 1.29 is 4.74 Å². The molecule has 0 aliphatic heterocycles. The summed E-state index contributed by atoms with van der Waals surface area (Å²) < 4.78 is 8.35. The first-order chi connectivity index (χ1) is 10.2. The first-order valence-electron chi connectivity index (χ1n) is 6.52. The second-order valence-corrected chi connectivity index (χ2v) is 5.40. The van der Waals surface area contributed by atoms with Crippen LogP contribution in [0.1, 0.15) is 5.69 Å². The number of hydrogen-bond donors (Lipinski definition) is 1. The Morgan fingerprint density at radius 2 is 2.24 bits per heavy atom. The molecule has 2 heterocycles. The molecule has 21 heavy (non-hydrogen) atoms. The molecule has 7 heteroatoms. The summed E-state index contributed by atoms with van der Waals surface area (Å²) in [5.74, 6) is 2.28. The molecular weight excluding hydrogens is 334 g/mol. The standard InChI is InChI=1S/C14H14BrN5O/c1-10-7-13(20-14(19-10)17-9-18-20)16-5-6-21-12-4-2-3-11(15)8-12/h2-4,7-9,16H,5-6H2,1H3. The fourth-order valence-corrected chi connectivity index (χ4v) is 2.34. The number of aryl methyl sites for hydroxylation is 1. The van der Waals surface area contributed by atoms with Crippen molar-refractivity contribution in [3.8, 4) is 5.75 Å². The van der Waals surface area contributed by atoms with Crippen molar-refractivity contribution >= 4 is 27.5 Å². The first kappa shape index (κ1) is 13.8. The quantitative estimate of drug-likeness (QED) is 0.719. The SMILES string of the molecule is Cc1cc(NCCOc2cccc(Br)c2)n2ncnc2n1. The van der Waals surface area contributed by atoms with E-state index >= 15 is 0 Å². The number of nitrogens with zero attached hydrogens (tertiary/aromatic N) is 4. The van der Waals surface area contributed by atoms with Crippen molar-refractivity contribution in [2.24, 2.45) is 0 Å². The van der Waals surface area contributed by atoms with Gasteiger partial charge in [-0.05, 0) is 25.1 Å². The summed E-state index contributed by atoms with van der Waals surface area (Å²) in [6.45, 7) is 3.14. The highest BCUT2D eigenvalue weighted by Crippen LogP contribution is 2.17. The number of hydrogen-bond acceptors (Lipinski definition) is 5. The van der Waals surface area contributed by atoms with E-state index in [0.717, 1.165) is 21.7 Å². The maximum atomic E-state index is 5.68. The van der Waals surface area contributed by atoms with Crippen molar-refractivity contribution in [2.75, 3.05) is 18.5 Å². The monoisotopic (exact) mass is 347 g/mol. The van der Waals surface area contributed by atoms with E-state index in [4.69, 9.17) is 4.74 Å². The molecule has 1 N–H and O–H groups in total. The molecule has 0 bridgehead atoms. The fourth-order valence-electron chi connectivity index (χ4n) is 1.96. The van der Waals surface area contributed by atoms with Crippen molar-refractivity contribution in [2.45, 2.75) is 6.92 Å². The van der Waals surface area contributed by atoms with Crippen molar-refractivity contribution in [3.63, 3.8) is 0 Å². The van der Waals surface area contributed by atoms with E-state index in [2.05, 4.69) is 36.3 Å². The van der Waals surface area contributed by atoms with E-state index in [9.17, 15) is 0 Å². The van der Waals surface area contributed by atoms with Crippen molar-refractivity contribution in [1.29, 1.82) is 0 Å². The van der Waals surface area contributed by atoms with Gasteiger partial charge in [0.25, 0.3) is 5.78 Å². The second kappa shape index (κ2) is 6.09. The van der Waals surface area contributed by atoms with Gasteiger partial charge in [0.2, 0.25) is 0 Å². The Morgan fingerprint density at radius 3 is 3.10 bits per heavy atom. The Balaban J connectivity index is 1.61. The van der Waals surface area contributed by atoms with E-state index in [0.29, 0.717) is 18.9 Å². The van der Waals surface area contributed by atoms with Crippen LogP contribution in [0.4, 0.5) is 5.82 Å². The lowest BCUT2D eigenvalue weighted by Gasteiger charge is -2.10. The molecule has 0 radical (unpaired) electrons. The zero-order valence-corrected chi connectivity index (χ0v) is 13.0. The van der Waals surface area contributed by atoms with E-state index in [1.165, 1.54) is 6.33 Å². The number of nitrogens with one attached hydrogen (secondary N) is 1. The number of anilines is 1. The molecule has 0 aliphatic carbocycles. The van der Waals surface area contributed by atoms with Crippen molar-refractivity contribution in [1.82, 2.24) is 19.6 Å². The lowest BCUT2D eigenvalue weighted by molar-refractivity contribution is 0.332. The van der Waals surface area contributed by atoms with Crippen LogP contribution in [0.25, 0.3) is 5.78 Å². The zero-order valence-electron chi connectivity index (χ0n) is 11.5. The molecule has 0 saturated heterocycles. The van der Waals surface area contributed by atoms with Crippen LogP contribution in [0.2, 0.25) is 0 Å². The summed E-state index contributed by atoms with van der Waals surface area (Å²) in [6.07, 6.45) is 1.49. The summed E-state index contributed by atoms with van der Waals surface area (Å²) in [5.41, 5.74) is 0.894. The highest BCUT2D eigenvalue weighted by molar-refractivity contribution is 9.10. The Hall–Kier alpha value is -2.15. The number of aromatic nitrogens is 4. The fraction of sp³-hybridized carbons (Fsp3) is 0.214. The maximum absolute atomic E-state index is 5.68. The van der Waals surface area contributed by atoms with Gasteiger partial charge >= 0.3 is 0 Å². The van der Waals surface area contributed by atoms with Crippen LogP contribution in [0, 0.1) is 6.92 Å². The molecule has 3 rings (SSSR count). The Bertz CT molecular complexity index is 758. The lowest BCUT2D eigenvalue weighted by atomic mass is 10.3. The Morgan fingerprint density at radius 1 is 1.33 bits per heavy atom. The molecule has 6 nitrogen and oxygen atoms in total. The summed E-state index contributed by atoms with van der Waals surface area (Å²) in [5, 5.41) is 7.43. The summed E-state index contributed by atoms with van der Waals surface area (Å²) in [7, 11) is 0. The van der Waals surface area contributed by atoms with Gasteiger partial charge in [0, 0.05) is 16.2 Å². The molecular formula is C14H14BrN5O.